The Morgan fingerprint density at radius 1 is 0.739 bits per heavy atom. The Morgan fingerprint density at radius 3 is 1.52 bits per heavy atom. The van der Waals surface area contributed by atoms with Crippen LogP contribution in [0.4, 0.5) is 0 Å². The molecule has 0 spiro atoms. The van der Waals surface area contributed by atoms with Gasteiger partial charge in [0.05, 0.1) is 0 Å². The number of unbranched alkanes of at least 4 members (excludes halogenated alkanes) is 1. The molecule has 0 aliphatic carbocycles. The minimum atomic E-state index is -0.965. The van der Waals surface area contributed by atoms with E-state index in [0.29, 0.717) is 6.42 Å². The second kappa shape index (κ2) is 21.2. The summed E-state index contributed by atoms with van der Waals surface area (Å²) in [5, 5.41) is 10.2. The Bertz CT molecular complexity index is 404. The first-order valence-electron chi connectivity index (χ1n) is 8.22. The fourth-order valence-electron chi connectivity index (χ4n) is 1.73. The topological polar surface area (TPSA) is 40.1 Å². The van der Waals surface area contributed by atoms with E-state index in [0.717, 1.165) is 38.5 Å². The van der Waals surface area contributed by atoms with E-state index in [1.807, 2.05) is 6.08 Å². The maximum absolute atomic E-state index is 10.2. The van der Waals surface area contributed by atoms with Crippen LogP contribution in [0.1, 0.15) is 58.3 Å². The van der Waals surface area contributed by atoms with Crippen molar-refractivity contribution in [3.8, 4) is 0 Å². The van der Waals surface area contributed by atoms with Crippen LogP contribution >= 0.6 is 0 Å². The van der Waals surface area contributed by atoms with Gasteiger partial charge in [-0.3, -0.25) is 0 Å². The molecule has 23 heavy (non-hydrogen) atoms. The third-order valence-corrected chi connectivity index (χ3v) is 2.91. The van der Waals surface area contributed by atoms with Gasteiger partial charge in [0, 0.05) is 5.97 Å². The molecule has 0 aromatic rings. The predicted molar refractivity (Wildman–Crippen MR) is 93.3 cm³/mol. The van der Waals surface area contributed by atoms with Crippen LogP contribution in [0.5, 0.6) is 0 Å². The molecule has 0 amide bonds. The van der Waals surface area contributed by atoms with E-state index in [9.17, 15) is 9.90 Å². The zero-order chi connectivity index (χ0) is 16.3. The largest absolute Gasteiger partial charge is 1.00 e. The molecule has 0 fully saturated rings. The van der Waals surface area contributed by atoms with E-state index in [4.69, 9.17) is 0 Å². The Kier molecular flexibility index (Phi) is 22.5. The first-order chi connectivity index (χ1) is 10.8. The van der Waals surface area contributed by atoms with Crippen LogP contribution in [0, 0.1) is 0 Å². The van der Waals surface area contributed by atoms with Gasteiger partial charge in [0.1, 0.15) is 0 Å². The summed E-state index contributed by atoms with van der Waals surface area (Å²) < 4.78 is 0. The number of hydrogen-bond acceptors (Lipinski definition) is 2. The zero-order valence-electron chi connectivity index (χ0n) is 14.7. The minimum Gasteiger partial charge on any atom is -0.550 e. The van der Waals surface area contributed by atoms with Gasteiger partial charge in [0.25, 0.3) is 0 Å². The number of carbonyl (C=O) groups excluding carboxylic acids is 1. The van der Waals surface area contributed by atoms with E-state index in [2.05, 4.69) is 61.6 Å². The second-order valence-corrected chi connectivity index (χ2v) is 4.97. The van der Waals surface area contributed by atoms with Gasteiger partial charge in [-0.25, -0.2) is 0 Å². The quantitative estimate of drug-likeness (QED) is 0.294. The van der Waals surface area contributed by atoms with Crippen molar-refractivity contribution >= 4 is 5.97 Å². The van der Waals surface area contributed by atoms with E-state index in [1.54, 1.807) is 0 Å². The predicted octanol–water partition coefficient (Wildman–Crippen LogP) is 1.66. The molecule has 0 bridgehead atoms. The van der Waals surface area contributed by atoms with Crippen LogP contribution in [0.15, 0.2) is 60.8 Å². The summed E-state index contributed by atoms with van der Waals surface area (Å²) in [5.41, 5.74) is 0. The smallest absolute Gasteiger partial charge is 0.550 e. The molecule has 0 aliphatic rings. The van der Waals surface area contributed by atoms with E-state index in [1.165, 1.54) is 0 Å². The molecular weight excluding hydrogens is 295 g/mol. The summed E-state index contributed by atoms with van der Waals surface area (Å²) in [6, 6.07) is 0. The SMILES string of the molecule is CC/C=C\C/C=C\C/C=C\C/C=C\C/C=C\CCCC(=O)[O-].[Na+]. The summed E-state index contributed by atoms with van der Waals surface area (Å²) in [5.74, 6) is -0.965. The summed E-state index contributed by atoms with van der Waals surface area (Å²) >= 11 is 0. The molecule has 0 rings (SSSR count). The van der Waals surface area contributed by atoms with Crippen LogP contribution in [0.2, 0.25) is 0 Å². The Morgan fingerprint density at radius 2 is 1.13 bits per heavy atom. The van der Waals surface area contributed by atoms with Crippen molar-refractivity contribution in [1.82, 2.24) is 0 Å². The normalized spacial score (nSPS) is 12.2. The van der Waals surface area contributed by atoms with Gasteiger partial charge < -0.3 is 9.90 Å². The van der Waals surface area contributed by atoms with E-state index < -0.39 is 5.97 Å². The van der Waals surface area contributed by atoms with Crippen LogP contribution in [-0.4, -0.2) is 5.97 Å². The van der Waals surface area contributed by atoms with Gasteiger partial charge in [-0.05, 0) is 51.4 Å². The fourth-order valence-corrected chi connectivity index (χ4v) is 1.73. The zero-order valence-corrected chi connectivity index (χ0v) is 16.7. The molecule has 0 saturated heterocycles. The molecule has 2 nitrogen and oxygen atoms in total. The maximum Gasteiger partial charge on any atom is 1.00 e. The molecule has 0 saturated carbocycles. The Labute approximate surface area is 164 Å². The molecule has 0 aromatic carbocycles. The second-order valence-electron chi connectivity index (χ2n) is 4.97. The van der Waals surface area contributed by atoms with Crippen molar-refractivity contribution in [3.63, 3.8) is 0 Å². The molecule has 0 aromatic heterocycles. The van der Waals surface area contributed by atoms with Gasteiger partial charge >= 0.3 is 29.6 Å². The third-order valence-electron chi connectivity index (χ3n) is 2.91. The molecule has 0 heterocycles. The molecule has 122 valence electrons. The summed E-state index contributed by atoms with van der Waals surface area (Å²) in [4.78, 5) is 10.2. The number of aliphatic carboxylic acids is 1. The summed E-state index contributed by atoms with van der Waals surface area (Å²) in [6.45, 7) is 2.14. The fraction of sp³-hybridized carbons (Fsp3) is 0.450. The van der Waals surface area contributed by atoms with Gasteiger partial charge in [-0.15, -0.1) is 0 Å². The van der Waals surface area contributed by atoms with Crippen molar-refractivity contribution in [2.45, 2.75) is 58.3 Å². The average Bonchev–Trinajstić information content (AvgIpc) is 2.50. The van der Waals surface area contributed by atoms with Crippen LogP contribution in [0.25, 0.3) is 0 Å². The standard InChI is InChI=1S/C20H30O2.Na/c1-2-3-4-5-6-7-8-9-10-11-12-13-14-15-16-17-18-19-20(21)22;/h3-4,6-7,9-10,12-13,15-16H,2,5,8,11,14,17-19H2,1H3,(H,21,22);/q;+1/p-1/b4-3-,7-6-,10-9-,13-12-,16-15-;. The number of rotatable bonds is 13. The van der Waals surface area contributed by atoms with Crippen LogP contribution < -0.4 is 34.7 Å². The van der Waals surface area contributed by atoms with E-state index >= 15 is 0 Å². The summed E-state index contributed by atoms with van der Waals surface area (Å²) in [6.07, 6.45) is 28.1. The monoisotopic (exact) mass is 324 g/mol. The molecule has 0 aliphatic heterocycles. The molecule has 0 N–H and O–H groups in total. The molecular formula is C20H29NaO2. The molecule has 0 atom stereocenters. The number of allylic oxidation sites excluding steroid dienone is 10. The number of carbonyl (C=O) groups is 1. The van der Waals surface area contributed by atoms with Gasteiger partial charge in [0.2, 0.25) is 0 Å². The first kappa shape index (κ1) is 24.4. The van der Waals surface area contributed by atoms with Crippen molar-refractivity contribution < 1.29 is 39.5 Å². The van der Waals surface area contributed by atoms with Gasteiger partial charge in [-0.1, -0.05) is 67.7 Å². The Hall–Kier alpha value is -0.830. The number of hydrogen-bond donors (Lipinski definition) is 0. The summed E-state index contributed by atoms with van der Waals surface area (Å²) in [7, 11) is 0. The van der Waals surface area contributed by atoms with Crippen LogP contribution in [0.3, 0.4) is 0 Å². The Balaban J connectivity index is 0. The third kappa shape index (κ3) is 23.6. The first-order valence-corrected chi connectivity index (χ1v) is 8.22. The van der Waals surface area contributed by atoms with Crippen molar-refractivity contribution in [1.29, 1.82) is 0 Å². The number of carboxylic acids is 1. The number of carboxylic acid groups (broad SMARTS) is 1. The molecule has 0 radical (unpaired) electrons. The van der Waals surface area contributed by atoms with Crippen LogP contribution in [-0.2, 0) is 4.79 Å². The van der Waals surface area contributed by atoms with Gasteiger partial charge in [-0.2, -0.15) is 0 Å². The maximum atomic E-state index is 10.2. The molecule has 3 heteroatoms. The minimum absolute atomic E-state index is 0. The molecule has 0 unspecified atom stereocenters. The van der Waals surface area contributed by atoms with Gasteiger partial charge in [0.15, 0.2) is 0 Å². The van der Waals surface area contributed by atoms with E-state index in [-0.39, 0.29) is 36.0 Å². The average molecular weight is 324 g/mol. The van der Waals surface area contributed by atoms with Crippen molar-refractivity contribution in [2.24, 2.45) is 0 Å². The van der Waals surface area contributed by atoms with Crippen molar-refractivity contribution in [3.05, 3.63) is 60.8 Å². The van der Waals surface area contributed by atoms with Crippen molar-refractivity contribution in [2.75, 3.05) is 0 Å².